The van der Waals surface area contributed by atoms with Gasteiger partial charge in [0.1, 0.15) is 0 Å². The lowest BCUT2D eigenvalue weighted by Gasteiger charge is -2.42. The van der Waals surface area contributed by atoms with Crippen molar-refractivity contribution in [1.29, 1.82) is 0 Å². The van der Waals surface area contributed by atoms with Crippen molar-refractivity contribution in [3.05, 3.63) is 215 Å². The zero-order valence-electron chi connectivity index (χ0n) is 33.5. The Kier molecular flexibility index (Phi) is 9.10. The third kappa shape index (κ3) is 5.87. The number of fused-ring (bicyclic) bond motifs is 4. The second-order valence-electron chi connectivity index (χ2n) is 17.5. The minimum Gasteiger partial charge on any atom is -0.0879 e. The Morgan fingerprint density at radius 1 is 0.517 bits per heavy atom. The molecule has 0 radical (unpaired) electrons. The van der Waals surface area contributed by atoms with E-state index in [1.165, 1.54) is 104 Å². The molecule has 1 saturated carbocycles. The van der Waals surface area contributed by atoms with Gasteiger partial charge in [-0.25, -0.2) is 0 Å². The molecule has 58 heavy (non-hydrogen) atoms. The highest BCUT2D eigenvalue weighted by Gasteiger charge is 2.39. The molecule has 1 fully saturated rings. The van der Waals surface area contributed by atoms with Gasteiger partial charge in [0.15, 0.2) is 0 Å². The van der Waals surface area contributed by atoms with Crippen LogP contribution in [0, 0.1) is 17.8 Å². The van der Waals surface area contributed by atoms with Crippen LogP contribution in [0.25, 0.3) is 43.8 Å². The second kappa shape index (κ2) is 14.9. The fraction of sp³-hybridized carbons (Fsp3) is 0.241. The Morgan fingerprint density at radius 2 is 1.21 bits per heavy atom. The maximum absolute atomic E-state index is 2.66. The molecule has 11 rings (SSSR count). The summed E-state index contributed by atoms with van der Waals surface area (Å²) >= 11 is 0. The van der Waals surface area contributed by atoms with E-state index in [2.05, 4.69) is 182 Å². The van der Waals surface area contributed by atoms with E-state index in [0.29, 0.717) is 23.7 Å². The van der Waals surface area contributed by atoms with Crippen molar-refractivity contribution in [1.82, 2.24) is 0 Å². The molecule has 0 aromatic heterocycles. The van der Waals surface area contributed by atoms with Gasteiger partial charge in [0, 0.05) is 23.2 Å². The quantitative estimate of drug-likeness (QED) is 0.118. The first kappa shape index (κ1) is 35.4. The van der Waals surface area contributed by atoms with E-state index in [1.807, 2.05) is 0 Å². The highest BCUT2D eigenvalue weighted by atomic mass is 14.4. The first-order valence-corrected chi connectivity index (χ1v) is 22.1. The first-order valence-electron chi connectivity index (χ1n) is 22.1. The van der Waals surface area contributed by atoms with Crippen LogP contribution in [0.4, 0.5) is 0 Å². The van der Waals surface area contributed by atoms with Gasteiger partial charge in [-0.15, -0.1) is 0 Å². The van der Waals surface area contributed by atoms with Crippen molar-refractivity contribution in [3.63, 3.8) is 0 Å². The van der Waals surface area contributed by atoms with Gasteiger partial charge in [-0.2, -0.15) is 0 Å². The molecule has 0 N–H and O–H groups in total. The first-order chi connectivity index (χ1) is 28.8. The number of allylic oxidation sites excluding steroid dienone is 10. The lowest BCUT2D eigenvalue weighted by molar-refractivity contribution is 0.343. The molecule has 0 bridgehead atoms. The van der Waals surface area contributed by atoms with Crippen molar-refractivity contribution in [2.24, 2.45) is 17.8 Å². The lowest BCUT2D eigenvalue weighted by Crippen LogP contribution is -2.42. The lowest BCUT2D eigenvalue weighted by atomic mass is 9.62. The predicted molar refractivity (Wildman–Crippen MR) is 246 cm³/mol. The zero-order valence-corrected chi connectivity index (χ0v) is 33.5. The van der Waals surface area contributed by atoms with Gasteiger partial charge < -0.3 is 0 Å². The summed E-state index contributed by atoms with van der Waals surface area (Å²) in [5, 5.41) is 8.38. The fourth-order valence-electron chi connectivity index (χ4n) is 12.0. The molecular formula is C58H52. The highest BCUT2D eigenvalue weighted by Crippen LogP contribution is 2.50. The van der Waals surface area contributed by atoms with Crippen LogP contribution in [-0.2, 0) is 5.41 Å². The molecule has 0 amide bonds. The number of rotatable bonds is 6. The van der Waals surface area contributed by atoms with E-state index in [4.69, 9.17) is 0 Å². The molecular weight excluding hydrogens is 697 g/mol. The van der Waals surface area contributed by atoms with Gasteiger partial charge >= 0.3 is 0 Å². The van der Waals surface area contributed by atoms with Crippen molar-refractivity contribution < 1.29 is 0 Å². The molecule has 0 saturated heterocycles. The molecule has 4 atom stereocenters. The molecule has 0 spiro atoms. The second-order valence-corrected chi connectivity index (χ2v) is 17.5. The molecule has 6 aromatic rings. The fourth-order valence-corrected chi connectivity index (χ4v) is 12.0. The molecule has 5 aliphatic carbocycles. The van der Waals surface area contributed by atoms with E-state index in [9.17, 15) is 0 Å². The predicted octanol–water partition coefficient (Wildman–Crippen LogP) is 13.6. The average Bonchev–Trinajstić information content (AvgIpc) is 3.31. The van der Waals surface area contributed by atoms with Gasteiger partial charge in [0.05, 0.1) is 0 Å². The van der Waals surface area contributed by atoms with Crippen LogP contribution >= 0.6 is 0 Å². The van der Waals surface area contributed by atoms with E-state index in [1.54, 1.807) is 11.1 Å². The maximum Gasteiger partial charge on any atom is 0.0199 e. The van der Waals surface area contributed by atoms with Gasteiger partial charge in [-0.1, -0.05) is 207 Å². The number of benzene rings is 6. The summed E-state index contributed by atoms with van der Waals surface area (Å²) in [6.45, 7) is 0. The Labute approximate surface area is 344 Å². The Hall–Kier alpha value is -5.72. The summed E-state index contributed by atoms with van der Waals surface area (Å²) in [7, 11) is 0. The summed E-state index contributed by atoms with van der Waals surface area (Å²) in [6.07, 6.45) is 32.8. The van der Waals surface area contributed by atoms with Crippen LogP contribution < -0.4 is 10.4 Å². The Morgan fingerprint density at radius 3 is 1.90 bits per heavy atom. The smallest absolute Gasteiger partial charge is 0.0199 e. The molecule has 6 aromatic carbocycles. The normalized spacial score (nSPS) is 23.5. The number of hydrogen-bond donors (Lipinski definition) is 0. The SMILES string of the molecule is C1=CCC(c2c3ccccc3c(-c3ccc(C4(C5=CCC(C6=c7ccccc7=C(c7ccccc7)C7C=CCCC67)C=C5)CCCCC4)cc3)c3ccccc23)C=C1. The summed E-state index contributed by atoms with van der Waals surface area (Å²) in [5.41, 5.74) is 11.8. The topological polar surface area (TPSA) is 0 Å². The monoisotopic (exact) mass is 748 g/mol. The van der Waals surface area contributed by atoms with Crippen LogP contribution in [0.15, 0.2) is 188 Å². The van der Waals surface area contributed by atoms with E-state index in [0.717, 1.165) is 19.3 Å². The Balaban J connectivity index is 0.976. The highest BCUT2D eigenvalue weighted by molar-refractivity contribution is 6.15. The third-order valence-electron chi connectivity index (χ3n) is 14.6. The van der Waals surface area contributed by atoms with Crippen LogP contribution in [0.5, 0.6) is 0 Å². The summed E-state index contributed by atoms with van der Waals surface area (Å²) in [5.74, 6) is 1.77. The van der Waals surface area contributed by atoms with Crippen molar-refractivity contribution >= 4 is 32.7 Å². The number of hydrogen-bond acceptors (Lipinski definition) is 0. The largest absolute Gasteiger partial charge is 0.0879 e. The van der Waals surface area contributed by atoms with Gasteiger partial charge in [-0.05, 0) is 115 Å². The van der Waals surface area contributed by atoms with Crippen LogP contribution in [0.1, 0.15) is 80.4 Å². The minimum absolute atomic E-state index is 0.0621. The van der Waals surface area contributed by atoms with Crippen LogP contribution in [0.3, 0.4) is 0 Å². The summed E-state index contributed by atoms with van der Waals surface area (Å²) in [6, 6.07) is 48.7. The molecule has 4 unspecified atom stereocenters. The van der Waals surface area contributed by atoms with E-state index in [-0.39, 0.29) is 5.41 Å². The standard InChI is InChI=1S/C58H52/c1-4-18-40(19-5-1)54-46-22-8-12-26-50(46)56(51-27-13-9-23-47(51)54)42-30-34-44(35-31-42)58(38-16-3-17-39-58)45-36-32-43(33-37-45)57-52-28-14-10-24-48(52)55(41-20-6-2-7-21-41)49-25-11-15-29-53(49)57/h1-2,4-14,18,20-28,30-32,34-37,40,43,49,53H,3,15-17,19,29,33,38-39H2. The van der Waals surface area contributed by atoms with Gasteiger partial charge in [0.2, 0.25) is 0 Å². The summed E-state index contributed by atoms with van der Waals surface area (Å²) in [4.78, 5) is 0. The van der Waals surface area contributed by atoms with Crippen LogP contribution in [0.2, 0.25) is 0 Å². The maximum atomic E-state index is 2.66. The zero-order chi connectivity index (χ0) is 38.5. The van der Waals surface area contributed by atoms with Crippen molar-refractivity contribution in [2.45, 2.75) is 69.1 Å². The molecule has 0 heteroatoms. The van der Waals surface area contributed by atoms with E-state index < -0.39 is 0 Å². The van der Waals surface area contributed by atoms with Crippen molar-refractivity contribution in [3.8, 4) is 11.1 Å². The van der Waals surface area contributed by atoms with Crippen LogP contribution in [-0.4, -0.2) is 0 Å². The van der Waals surface area contributed by atoms with Gasteiger partial charge in [0.25, 0.3) is 0 Å². The molecule has 284 valence electrons. The van der Waals surface area contributed by atoms with Gasteiger partial charge in [-0.3, -0.25) is 0 Å². The average molecular weight is 749 g/mol. The third-order valence-corrected chi connectivity index (χ3v) is 14.6. The van der Waals surface area contributed by atoms with Crippen molar-refractivity contribution in [2.75, 3.05) is 0 Å². The molecule has 5 aliphatic rings. The Bertz CT molecular complexity index is 2760. The minimum atomic E-state index is 0.0621. The molecule has 0 aliphatic heterocycles. The van der Waals surface area contributed by atoms with E-state index >= 15 is 0 Å². The summed E-state index contributed by atoms with van der Waals surface area (Å²) < 4.78 is 0. The molecule has 0 heterocycles. The molecule has 0 nitrogen and oxygen atoms in total.